The number of nitrogens with zero attached hydrogens (tertiary/aromatic N) is 2. The summed E-state index contributed by atoms with van der Waals surface area (Å²) in [6.07, 6.45) is 3.80. The Morgan fingerprint density at radius 3 is 3.00 bits per heavy atom. The Morgan fingerprint density at radius 1 is 1.71 bits per heavy atom. The third-order valence-corrected chi connectivity index (χ3v) is 2.49. The molecule has 0 unspecified atom stereocenters. The first kappa shape index (κ1) is 9.14. The summed E-state index contributed by atoms with van der Waals surface area (Å²) < 4.78 is 0. The lowest BCUT2D eigenvalue weighted by Gasteiger charge is -2.36. The first-order valence-electron chi connectivity index (χ1n) is 4.56. The third kappa shape index (κ3) is 1.74. The normalized spacial score (nSPS) is 18.6. The lowest BCUT2D eigenvalue weighted by Crippen LogP contribution is -2.47. The zero-order chi connectivity index (χ0) is 10.0. The summed E-state index contributed by atoms with van der Waals surface area (Å²) in [5.41, 5.74) is -0.699. The third-order valence-electron chi connectivity index (χ3n) is 2.49. The van der Waals surface area contributed by atoms with Crippen LogP contribution in [-0.4, -0.2) is 38.3 Å². The molecule has 76 valence electrons. The van der Waals surface area contributed by atoms with Gasteiger partial charge in [-0.3, -0.25) is 9.89 Å². The molecule has 3 N–H and O–H groups in total. The maximum absolute atomic E-state index is 11.3. The largest absolute Gasteiger partial charge is 0.388 e. The Balaban J connectivity index is 1.84. The van der Waals surface area contributed by atoms with E-state index in [2.05, 4.69) is 20.5 Å². The Kier molecular flexibility index (Phi) is 2.20. The van der Waals surface area contributed by atoms with Gasteiger partial charge in [0.2, 0.25) is 5.82 Å². The molecule has 0 atom stereocenters. The van der Waals surface area contributed by atoms with Crippen LogP contribution in [0.1, 0.15) is 29.9 Å². The van der Waals surface area contributed by atoms with E-state index in [1.807, 2.05) is 0 Å². The number of amides is 1. The Bertz CT molecular complexity index is 318. The van der Waals surface area contributed by atoms with Gasteiger partial charge in [-0.15, -0.1) is 0 Å². The minimum absolute atomic E-state index is 0.174. The SMILES string of the molecule is O=C(NCC1(O)CCC1)c1ncn[nH]1. The maximum atomic E-state index is 11.3. The van der Waals surface area contributed by atoms with Crippen molar-refractivity contribution in [3.05, 3.63) is 12.2 Å². The molecule has 1 aromatic heterocycles. The predicted octanol–water partition coefficient (Wildman–Crippen LogP) is -0.551. The topological polar surface area (TPSA) is 90.9 Å². The van der Waals surface area contributed by atoms with Gasteiger partial charge in [-0.1, -0.05) is 0 Å². The molecular formula is C8H12N4O2. The number of carbonyl (C=O) groups excluding carboxylic acids is 1. The Labute approximate surface area is 80.7 Å². The summed E-state index contributed by atoms with van der Waals surface area (Å²) in [6, 6.07) is 0. The van der Waals surface area contributed by atoms with E-state index >= 15 is 0 Å². The lowest BCUT2D eigenvalue weighted by molar-refractivity contribution is -0.0301. The number of carbonyl (C=O) groups is 1. The van der Waals surface area contributed by atoms with Crippen molar-refractivity contribution in [3.8, 4) is 0 Å². The predicted molar refractivity (Wildman–Crippen MR) is 47.5 cm³/mol. The number of H-pyrrole nitrogens is 1. The van der Waals surface area contributed by atoms with E-state index < -0.39 is 5.60 Å². The standard InChI is InChI=1S/C8H12N4O2/c13-7(6-10-5-11-12-6)9-4-8(14)2-1-3-8/h5,14H,1-4H2,(H,9,13)(H,10,11,12). The average molecular weight is 196 g/mol. The van der Waals surface area contributed by atoms with Crippen LogP contribution in [0.25, 0.3) is 0 Å². The van der Waals surface area contributed by atoms with Crippen LogP contribution in [0.3, 0.4) is 0 Å². The molecule has 1 amide bonds. The Hall–Kier alpha value is -1.43. The lowest BCUT2D eigenvalue weighted by atomic mass is 9.80. The Morgan fingerprint density at radius 2 is 2.50 bits per heavy atom. The van der Waals surface area contributed by atoms with E-state index in [0.29, 0.717) is 0 Å². The van der Waals surface area contributed by atoms with E-state index in [9.17, 15) is 9.90 Å². The van der Waals surface area contributed by atoms with Crippen LogP contribution in [0.15, 0.2) is 6.33 Å². The minimum atomic E-state index is -0.699. The fourth-order valence-electron chi connectivity index (χ4n) is 1.41. The van der Waals surface area contributed by atoms with Crippen molar-refractivity contribution >= 4 is 5.91 Å². The number of hydrogen-bond donors (Lipinski definition) is 3. The van der Waals surface area contributed by atoms with Gasteiger partial charge in [0.25, 0.3) is 5.91 Å². The van der Waals surface area contributed by atoms with Crippen molar-refractivity contribution in [1.29, 1.82) is 0 Å². The zero-order valence-electron chi connectivity index (χ0n) is 7.66. The summed E-state index contributed by atoms with van der Waals surface area (Å²) in [4.78, 5) is 15.0. The van der Waals surface area contributed by atoms with Crippen LogP contribution in [0.5, 0.6) is 0 Å². The van der Waals surface area contributed by atoms with Gasteiger partial charge in [0.05, 0.1) is 5.60 Å². The monoisotopic (exact) mass is 196 g/mol. The first-order valence-corrected chi connectivity index (χ1v) is 4.56. The molecule has 1 aliphatic carbocycles. The highest BCUT2D eigenvalue weighted by atomic mass is 16.3. The van der Waals surface area contributed by atoms with E-state index in [1.54, 1.807) is 0 Å². The van der Waals surface area contributed by atoms with Crippen LogP contribution >= 0.6 is 0 Å². The molecule has 0 aromatic carbocycles. The number of hydrogen-bond acceptors (Lipinski definition) is 4. The van der Waals surface area contributed by atoms with Crippen LogP contribution in [-0.2, 0) is 0 Å². The second kappa shape index (κ2) is 3.38. The number of aliphatic hydroxyl groups is 1. The van der Waals surface area contributed by atoms with Gasteiger partial charge in [0.15, 0.2) is 0 Å². The number of rotatable bonds is 3. The summed E-state index contributed by atoms with van der Waals surface area (Å²) in [5, 5.41) is 18.3. The molecule has 2 rings (SSSR count). The van der Waals surface area contributed by atoms with Gasteiger partial charge in [0.1, 0.15) is 6.33 Å². The summed E-state index contributed by atoms with van der Waals surface area (Å²) >= 11 is 0. The summed E-state index contributed by atoms with van der Waals surface area (Å²) in [5.74, 6) is -0.157. The number of nitrogens with one attached hydrogen (secondary N) is 2. The van der Waals surface area contributed by atoms with E-state index in [1.165, 1.54) is 6.33 Å². The molecule has 14 heavy (non-hydrogen) atoms. The number of aromatic nitrogens is 3. The molecule has 0 saturated heterocycles. The van der Waals surface area contributed by atoms with Crippen molar-refractivity contribution in [2.75, 3.05) is 6.54 Å². The summed E-state index contributed by atoms with van der Waals surface area (Å²) in [7, 11) is 0. The fraction of sp³-hybridized carbons (Fsp3) is 0.625. The maximum Gasteiger partial charge on any atom is 0.288 e. The molecule has 0 spiro atoms. The van der Waals surface area contributed by atoms with Crippen molar-refractivity contribution in [2.24, 2.45) is 0 Å². The average Bonchev–Trinajstić information content (AvgIpc) is 2.63. The molecule has 0 bridgehead atoms. The number of aromatic amines is 1. The van der Waals surface area contributed by atoms with Crippen molar-refractivity contribution in [2.45, 2.75) is 24.9 Å². The smallest absolute Gasteiger partial charge is 0.288 e. The molecule has 1 fully saturated rings. The van der Waals surface area contributed by atoms with E-state index in [4.69, 9.17) is 0 Å². The molecular weight excluding hydrogens is 184 g/mol. The highest BCUT2D eigenvalue weighted by Crippen LogP contribution is 2.30. The van der Waals surface area contributed by atoms with E-state index in [0.717, 1.165) is 19.3 Å². The second-order valence-corrected chi connectivity index (χ2v) is 3.59. The molecule has 1 aromatic rings. The molecule has 6 heteroatoms. The van der Waals surface area contributed by atoms with Crippen LogP contribution in [0.2, 0.25) is 0 Å². The highest BCUT2D eigenvalue weighted by molar-refractivity contribution is 5.90. The second-order valence-electron chi connectivity index (χ2n) is 3.59. The molecule has 0 aliphatic heterocycles. The van der Waals surface area contributed by atoms with E-state index in [-0.39, 0.29) is 18.3 Å². The van der Waals surface area contributed by atoms with Crippen molar-refractivity contribution in [1.82, 2.24) is 20.5 Å². The fourth-order valence-corrected chi connectivity index (χ4v) is 1.41. The molecule has 6 nitrogen and oxygen atoms in total. The first-order chi connectivity index (χ1) is 6.70. The molecule has 0 radical (unpaired) electrons. The van der Waals surface area contributed by atoms with Gasteiger partial charge < -0.3 is 10.4 Å². The minimum Gasteiger partial charge on any atom is -0.388 e. The summed E-state index contributed by atoms with van der Waals surface area (Å²) in [6.45, 7) is 0.284. The van der Waals surface area contributed by atoms with Crippen LogP contribution < -0.4 is 5.32 Å². The van der Waals surface area contributed by atoms with Gasteiger partial charge in [-0.2, -0.15) is 5.10 Å². The van der Waals surface area contributed by atoms with Crippen LogP contribution in [0.4, 0.5) is 0 Å². The molecule has 1 aliphatic rings. The van der Waals surface area contributed by atoms with Crippen LogP contribution in [0, 0.1) is 0 Å². The van der Waals surface area contributed by atoms with Crippen molar-refractivity contribution in [3.63, 3.8) is 0 Å². The highest BCUT2D eigenvalue weighted by Gasteiger charge is 2.34. The van der Waals surface area contributed by atoms with Gasteiger partial charge >= 0.3 is 0 Å². The van der Waals surface area contributed by atoms with Crippen molar-refractivity contribution < 1.29 is 9.90 Å². The van der Waals surface area contributed by atoms with Gasteiger partial charge in [-0.25, -0.2) is 4.98 Å². The van der Waals surface area contributed by atoms with Gasteiger partial charge in [-0.05, 0) is 19.3 Å². The quantitative estimate of drug-likeness (QED) is 0.605. The molecule has 1 saturated carbocycles. The zero-order valence-corrected chi connectivity index (χ0v) is 7.66. The van der Waals surface area contributed by atoms with Gasteiger partial charge in [0, 0.05) is 6.54 Å². The molecule has 1 heterocycles.